The van der Waals surface area contributed by atoms with E-state index in [4.69, 9.17) is 15.3 Å². The minimum absolute atomic E-state index is 0.0640. The second-order valence-electron chi connectivity index (χ2n) is 4.35. The number of hydrogen-bond acceptors (Lipinski definition) is 4. The van der Waals surface area contributed by atoms with E-state index in [2.05, 4.69) is 5.43 Å². The van der Waals surface area contributed by atoms with E-state index in [-0.39, 0.29) is 6.04 Å². The van der Waals surface area contributed by atoms with Crippen LogP contribution in [0.25, 0.3) is 0 Å². The number of rotatable bonds is 7. The quantitative estimate of drug-likeness (QED) is 0.601. The molecule has 0 saturated heterocycles. The van der Waals surface area contributed by atoms with Gasteiger partial charge in [-0.2, -0.15) is 0 Å². The molecule has 4 heteroatoms. The lowest BCUT2D eigenvalue weighted by atomic mass is 10.1. The first kappa shape index (κ1) is 14.4. The van der Waals surface area contributed by atoms with Crippen molar-refractivity contribution < 1.29 is 9.47 Å². The number of ether oxygens (including phenoxy) is 2. The van der Waals surface area contributed by atoms with Crippen molar-refractivity contribution in [3.63, 3.8) is 0 Å². The van der Waals surface area contributed by atoms with E-state index in [0.29, 0.717) is 13.2 Å². The van der Waals surface area contributed by atoms with Gasteiger partial charge in [-0.1, -0.05) is 30.3 Å². The molecule has 0 aromatic heterocycles. The van der Waals surface area contributed by atoms with Gasteiger partial charge in [0.15, 0.2) is 0 Å². The molecule has 1 atom stereocenters. The molecule has 20 heavy (non-hydrogen) atoms. The summed E-state index contributed by atoms with van der Waals surface area (Å²) in [6, 6.07) is 17.5. The predicted molar refractivity (Wildman–Crippen MR) is 79.6 cm³/mol. The minimum Gasteiger partial charge on any atom is -0.494 e. The Hall–Kier alpha value is -2.04. The molecule has 0 radical (unpaired) electrons. The SMILES string of the molecule is CCOc1ccc(C(COc2ccccc2)NN)cc1. The number of nitrogens with two attached hydrogens (primary N) is 1. The Morgan fingerprint density at radius 2 is 1.60 bits per heavy atom. The van der Waals surface area contributed by atoms with Crippen LogP contribution in [0.3, 0.4) is 0 Å². The third-order valence-electron chi connectivity index (χ3n) is 2.95. The van der Waals surface area contributed by atoms with Crippen LogP contribution < -0.4 is 20.7 Å². The van der Waals surface area contributed by atoms with Gasteiger partial charge in [0.1, 0.15) is 18.1 Å². The summed E-state index contributed by atoms with van der Waals surface area (Å²) in [5.41, 5.74) is 3.84. The van der Waals surface area contributed by atoms with Gasteiger partial charge in [0, 0.05) is 0 Å². The average Bonchev–Trinajstić information content (AvgIpc) is 2.51. The first-order valence-corrected chi connectivity index (χ1v) is 6.70. The molecule has 2 aromatic carbocycles. The first-order valence-electron chi connectivity index (χ1n) is 6.70. The van der Waals surface area contributed by atoms with Crippen LogP contribution in [0.1, 0.15) is 18.5 Å². The van der Waals surface area contributed by atoms with Gasteiger partial charge >= 0.3 is 0 Å². The molecular weight excluding hydrogens is 252 g/mol. The Bertz CT molecular complexity index is 500. The van der Waals surface area contributed by atoms with Crippen LogP contribution in [0.2, 0.25) is 0 Å². The molecule has 1 unspecified atom stereocenters. The second-order valence-corrected chi connectivity index (χ2v) is 4.35. The fourth-order valence-electron chi connectivity index (χ4n) is 1.90. The zero-order valence-corrected chi connectivity index (χ0v) is 11.6. The van der Waals surface area contributed by atoms with Crippen LogP contribution in [-0.4, -0.2) is 13.2 Å². The monoisotopic (exact) mass is 272 g/mol. The number of hydrazine groups is 1. The highest BCUT2D eigenvalue weighted by molar-refractivity contribution is 5.29. The van der Waals surface area contributed by atoms with Crippen molar-refractivity contribution >= 4 is 0 Å². The van der Waals surface area contributed by atoms with E-state index in [1.54, 1.807) is 0 Å². The van der Waals surface area contributed by atoms with E-state index >= 15 is 0 Å². The molecule has 0 aliphatic rings. The molecule has 0 aliphatic carbocycles. The summed E-state index contributed by atoms with van der Waals surface area (Å²) >= 11 is 0. The van der Waals surface area contributed by atoms with Gasteiger partial charge in [0.25, 0.3) is 0 Å². The van der Waals surface area contributed by atoms with Crippen LogP contribution in [0, 0.1) is 0 Å². The fraction of sp³-hybridized carbons (Fsp3) is 0.250. The van der Waals surface area contributed by atoms with Gasteiger partial charge in [-0.05, 0) is 36.8 Å². The van der Waals surface area contributed by atoms with E-state index in [0.717, 1.165) is 17.1 Å². The van der Waals surface area contributed by atoms with Gasteiger partial charge in [-0.15, -0.1) is 0 Å². The lowest BCUT2D eigenvalue weighted by Crippen LogP contribution is -2.32. The lowest BCUT2D eigenvalue weighted by Gasteiger charge is -2.17. The molecule has 0 aliphatic heterocycles. The van der Waals surface area contributed by atoms with Crippen LogP contribution in [0.4, 0.5) is 0 Å². The minimum atomic E-state index is -0.0640. The van der Waals surface area contributed by atoms with Crippen molar-refractivity contribution in [3.8, 4) is 11.5 Å². The van der Waals surface area contributed by atoms with Crippen LogP contribution in [0.5, 0.6) is 11.5 Å². The molecule has 0 heterocycles. The first-order chi connectivity index (χ1) is 9.83. The van der Waals surface area contributed by atoms with Crippen molar-refractivity contribution in [3.05, 3.63) is 60.2 Å². The van der Waals surface area contributed by atoms with Crippen molar-refractivity contribution in [2.45, 2.75) is 13.0 Å². The Labute approximate surface area is 119 Å². The fourth-order valence-corrected chi connectivity index (χ4v) is 1.90. The third kappa shape index (κ3) is 3.98. The van der Waals surface area contributed by atoms with E-state index < -0.39 is 0 Å². The Morgan fingerprint density at radius 1 is 0.950 bits per heavy atom. The molecule has 106 valence electrons. The maximum atomic E-state index is 5.72. The summed E-state index contributed by atoms with van der Waals surface area (Å²) in [5, 5.41) is 0. The summed E-state index contributed by atoms with van der Waals surface area (Å²) in [4.78, 5) is 0. The summed E-state index contributed by atoms with van der Waals surface area (Å²) in [6.07, 6.45) is 0. The molecule has 0 spiro atoms. The largest absolute Gasteiger partial charge is 0.494 e. The molecule has 2 rings (SSSR count). The molecule has 0 fully saturated rings. The summed E-state index contributed by atoms with van der Waals surface area (Å²) < 4.78 is 11.1. The zero-order valence-electron chi connectivity index (χ0n) is 11.6. The normalized spacial score (nSPS) is 11.9. The molecule has 0 bridgehead atoms. The number of nitrogens with one attached hydrogen (secondary N) is 1. The van der Waals surface area contributed by atoms with Crippen molar-refractivity contribution in [1.82, 2.24) is 5.43 Å². The summed E-state index contributed by atoms with van der Waals surface area (Å²) in [7, 11) is 0. The van der Waals surface area contributed by atoms with Crippen molar-refractivity contribution in [2.24, 2.45) is 5.84 Å². The zero-order chi connectivity index (χ0) is 14.2. The third-order valence-corrected chi connectivity index (χ3v) is 2.95. The highest BCUT2D eigenvalue weighted by Gasteiger charge is 2.10. The molecular formula is C16H20N2O2. The Kier molecular flexibility index (Phi) is 5.41. The molecule has 0 saturated carbocycles. The van der Waals surface area contributed by atoms with Gasteiger partial charge in [0.2, 0.25) is 0 Å². The maximum Gasteiger partial charge on any atom is 0.119 e. The van der Waals surface area contributed by atoms with E-state index in [9.17, 15) is 0 Å². The van der Waals surface area contributed by atoms with Crippen molar-refractivity contribution in [2.75, 3.05) is 13.2 Å². The van der Waals surface area contributed by atoms with Gasteiger partial charge in [0.05, 0.1) is 12.6 Å². The highest BCUT2D eigenvalue weighted by atomic mass is 16.5. The number of para-hydroxylation sites is 1. The smallest absolute Gasteiger partial charge is 0.119 e. The maximum absolute atomic E-state index is 5.72. The predicted octanol–water partition coefficient (Wildman–Crippen LogP) is 2.67. The molecule has 0 amide bonds. The lowest BCUT2D eigenvalue weighted by molar-refractivity contribution is 0.267. The van der Waals surface area contributed by atoms with Gasteiger partial charge in [-0.25, -0.2) is 5.43 Å². The molecule has 3 N–H and O–H groups in total. The topological polar surface area (TPSA) is 56.5 Å². The summed E-state index contributed by atoms with van der Waals surface area (Å²) in [5.74, 6) is 7.29. The summed E-state index contributed by atoms with van der Waals surface area (Å²) in [6.45, 7) is 3.09. The standard InChI is InChI=1S/C16H20N2O2/c1-2-19-15-10-8-13(9-11-15)16(18-17)12-20-14-6-4-3-5-7-14/h3-11,16,18H,2,12,17H2,1H3. The van der Waals surface area contributed by atoms with E-state index in [1.807, 2.05) is 61.5 Å². The Balaban J connectivity index is 1.97. The van der Waals surface area contributed by atoms with Gasteiger partial charge < -0.3 is 9.47 Å². The van der Waals surface area contributed by atoms with Crippen LogP contribution in [-0.2, 0) is 0 Å². The second kappa shape index (κ2) is 7.53. The average molecular weight is 272 g/mol. The van der Waals surface area contributed by atoms with Gasteiger partial charge in [-0.3, -0.25) is 5.84 Å². The van der Waals surface area contributed by atoms with Crippen LogP contribution in [0.15, 0.2) is 54.6 Å². The van der Waals surface area contributed by atoms with Crippen LogP contribution >= 0.6 is 0 Å². The number of benzene rings is 2. The number of hydrogen-bond donors (Lipinski definition) is 2. The van der Waals surface area contributed by atoms with Crippen molar-refractivity contribution in [1.29, 1.82) is 0 Å². The molecule has 4 nitrogen and oxygen atoms in total. The van der Waals surface area contributed by atoms with E-state index in [1.165, 1.54) is 0 Å². The Morgan fingerprint density at radius 3 is 2.20 bits per heavy atom. The highest BCUT2D eigenvalue weighted by Crippen LogP contribution is 2.19. The molecule has 2 aromatic rings.